The molecule has 3 amide bonds. The van der Waals surface area contributed by atoms with Crippen molar-refractivity contribution in [2.75, 3.05) is 39.3 Å². The number of rotatable bonds is 9. The number of nitrogens with two attached hydrogens (primary N) is 1. The van der Waals surface area contributed by atoms with Crippen molar-refractivity contribution in [1.29, 1.82) is 0 Å². The van der Waals surface area contributed by atoms with Gasteiger partial charge in [0.2, 0.25) is 11.8 Å². The van der Waals surface area contributed by atoms with Crippen LogP contribution in [0.15, 0.2) is 60.8 Å². The summed E-state index contributed by atoms with van der Waals surface area (Å²) < 4.78 is 21.9. The van der Waals surface area contributed by atoms with E-state index in [4.69, 9.17) is 33.7 Å². The molecule has 2 aliphatic heterocycles. The van der Waals surface area contributed by atoms with E-state index in [0.717, 1.165) is 5.02 Å². The molecular formula is C36H40Cl2FN5O5. The number of piperazine rings is 1. The molecule has 2 aromatic carbocycles. The van der Waals surface area contributed by atoms with Crippen molar-refractivity contribution in [2.45, 2.75) is 45.1 Å². The number of carbonyl (C=O) groups excluding carboxylic acids is 3. The van der Waals surface area contributed by atoms with Crippen molar-refractivity contribution >= 4 is 40.9 Å². The average Bonchev–Trinajstić information content (AvgIpc) is 3.83. The Morgan fingerprint density at radius 1 is 1.08 bits per heavy atom. The van der Waals surface area contributed by atoms with Crippen molar-refractivity contribution in [1.82, 2.24) is 19.7 Å². The maximum Gasteiger partial charge on any atom is 0.257 e. The lowest BCUT2D eigenvalue weighted by molar-refractivity contribution is -0.131. The molecule has 3 aromatic rings. The molecule has 1 unspecified atom stereocenters. The van der Waals surface area contributed by atoms with E-state index >= 15 is 4.39 Å². The number of aliphatic hydroxyl groups is 1. The second-order valence-electron chi connectivity index (χ2n) is 12.5. The second-order valence-corrected chi connectivity index (χ2v) is 13.4. The van der Waals surface area contributed by atoms with Gasteiger partial charge in [0, 0.05) is 56.4 Å². The van der Waals surface area contributed by atoms with Gasteiger partial charge in [-0.15, -0.1) is 12.8 Å². The monoisotopic (exact) mass is 711 g/mol. The molecule has 3 heterocycles. The van der Waals surface area contributed by atoms with Gasteiger partial charge in [-0.1, -0.05) is 41.4 Å². The maximum atomic E-state index is 15.8. The molecule has 1 saturated heterocycles. The summed E-state index contributed by atoms with van der Waals surface area (Å²) in [6.07, 6.45) is 9.49. The number of hydrogen-bond donors (Lipinski definition) is 2. The van der Waals surface area contributed by atoms with Crippen molar-refractivity contribution in [3.8, 4) is 12.8 Å². The van der Waals surface area contributed by atoms with Crippen LogP contribution in [0.3, 0.4) is 0 Å². The Bertz CT molecular complexity index is 1660. The molecule has 3 aliphatic rings. The summed E-state index contributed by atoms with van der Waals surface area (Å²) >= 11 is 11.5. The molecule has 2 atom stereocenters. The fourth-order valence-corrected chi connectivity index (χ4v) is 6.05. The second kappa shape index (κ2) is 16.1. The minimum atomic E-state index is -1.47. The summed E-state index contributed by atoms with van der Waals surface area (Å²) in [5, 5.41) is 12.6. The predicted octanol–water partition coefficient (Wildman–Crippen LogP) is 4.77. The van der Waals surface area contributed by atoms with Crippen molar-refractivity contribution in [2.24, 2.45) is 11.1 Å². The molecule has 3 N–H and O–H groups in total. The zero-order valence-corrected chi connectivity index (χ0v) is 29.0. The first-order valence-corrected chi connectivity index (χ1v) is 16.5. The van der Waals surface area contributed by atoms with Crippen LogP contribution < -0.4 is 5.73 Å². The fraction of sp³-hybridized carbons (Fsp3) is 0.389. The van der Waals surface area contributed by atoms with Gasteiger partial charge in [0.05, 0.1) is 40.4 Å². The van der Waals surface area contributed by atoms with Crippen LogP contribution in [-0.2, 0) is 26.5 Å². The van der Waals surface area contributed by atoms with E-state index < -0.39 is 34.9 Å². The number of terminal acetylenes is 1. The first-order chi connectivity index (χ1) is 23.3. The third-order valence-electron chi connectivity index (χ3n) is 8.87. The Labute approximate surface area is 295 Å². The average molecular weight is 713 g/mol. The van der Waals surface area contributed by atoms with E-state index in [0.29, 0.717) is 49.7 Å². The highest BCUT2D eigenvalue weighted by molar-refractivity contribution is 6.30. The van der Waals surface area contributed by atoms with Crippen molar-refractivity contribution in [3.63, 3.8) is 0 Å². The Balaban J connectivity index is 0.000000528. The zero-order chi connectivity index (χ0) is 35.9. The standard InChI is InChI=1S/C28H33ClFN5O5.C6H5Cl.C2H2/c1-17(36)34-9-7-33(8-10-34)15-27(2,39)18-11-21-23(22(30)12-18)25(40-16-28(5-6-28)26(31)38)35(24(21)37)14-20-4-3-19(29)13-32-20;7-6-4-2-1-3-5-6;1-2/h3-4,11-13,25,39H,5-10,14-16H2,1-2H3,(H2,31,38);1-5H;1-2H/t25-,27?;;/m1../s1. The van der Waals surface area contributed by atoms with Gasteiger partial charge in [0.25, 0.3) is 5.91 Å². The van der Waals surface area contributed by atoms with Crippen LogP contribution >= 0.6 is 23.2 Å². The molecule has 6 rings (SSSR count). The summed E-state index contributed by atoms with van der Waals surface area (Å²) in [5.41, 5.74) is 4.18. The topological polar surface area (TPSA) is 129 Å². The van der Waals surface area contributed by atoms with Gasteiger partial charge in [-0.25, -0.2) is 4.39 Å². The molecule has 1 aromatic heterocycles. The molecule has 260 valence electrons. The summed E-state index contributed by atoms with van der Waals surface area (Å²) in [6.45, 7) is 5.51. The number of fused-ring (bicyclic) bond motifs is 1. The normalized spacial score (nSPS) is 19.0. The zero-order valence-electron chi connectivity index (χ0n) is 27.4. The van der Waals surface area contributed by atoms with E-state index in [1.807, 2.05) is 35.2 Å². The summed E-state index contributed by atoms with van der Waals surface area (Å²) in [7, 11) is 0. The quantitative estimate of drug-likeness (QED) is 0.306. The fourth-order valence-electron chi connectivity index (χ4n) is 5.79. The lowest BCUT2D eigenvalue weighted by Crippen LogP contribution is -2.51. The van der Waals surface area contributed by atoms with Crippen LogP contribution in [-0.4, -0.2) is 81.8 Å². The van der Waals surface area contributed by atoms with E-state index in [1.54, 1.807) is 24.0 Å². The van der Waals surface area contributed by atoms with Crippen LogP contribution in [0.4, 0.5) is 4.39 Å². The van der Waals surface area contributed by atoms with Crippen molar-refractivity contribution < 1.29 is 28.6 Å². The Morgan fingerprint density at radius 2 is 1.73 bits per heavy atom. The summed E-state index contributed by atoms with van der Waals surface area (Å²) in [6, 6.07) is 15.5. The Kier molecular flexibility index (Phi) is 12.4. The van der Waals surface area contributed by atoms with Crippen LogP contribution in [0.5, 0.6) is 0 Å². The first-order valence-electron chi connectivity index (χ1n) is 15.7. The third kappa shape index (κ3) is 9.15. The van der Waals surface area contributed by atoms with Gasteiger partial charge in [0.1, 0.15) is 5.82 Å². The van der Waals surface area contributed by atoms with Crippen molar-refractivity contribution in [3.05, 3.63) is 99.0 Å². The highest BCUT2D eigenvalue weighted by Gasteiger charge is 2.51. The highest BCUT2D eigenvalue weighted by Crippen LogP contribution is 2.48. The van der Waals surface area contributed by atoms with Gasteiger partial charge in [-0.2, -0.15) is 0 Å². The van der Waals surface area contributed by atoms with E-state index in [9.17, 15) is 19.5 Å². The van der Waals surface area contributed by atoms with Gasteiger partial charge in [-0.05, 0) is 61.7 Å². The lowest BCUT2D eigenvalue weighted by Gasteiger charge is -2.38. The molecule has 2 fully saturated rings. The highest BCUT2D eigenvalue weighted by atomic mass is 35.5. The molecule has 49 heavy (non-hydrogen) atoms. The van der Waals surface area contributed by atoms with Gasteiger partial charge >= 0.3 is 0 Å². The van der Waals surface area contributed by atoms with Gasteiger partial charge in [-0.3, -0.25) is 24.3 Å². The Morgan fingerprint density at radius 3 is 2.24 bits per heavy atom. The van der Waals surface area contributed by atoms with Gasteiger partial charge < -0.3 is 25.4 Å². The van der Waals surface area contributed by atoms with Crippen LogP contribution in [0, 0.1) is 24.1 Å². The minimum absolute atomic E-state index is 0.00387. The molecule has 10 nitrogen and oxygen atoms in total. The number of carbonyl (C=O) groups is 3. The lowest BCUT2D eigenvalue weighted by atomic mass is 9.91. The van der Waals surface area contributed by atoms with E-state index in [1.165, 1.54) is 30.2 Å². The predicted molar refractivity (Wildman–Crippen MR) is 185 cm³/mol. The van der Waals surface area contributed by atoms with Gasteiger partial charge in [0.15, 0.2) is 6.23 Å². The minimum Gasteiger partial charge on any atom is -0.384 e. The number of benzene rings is 2. The molecule has 0 spiro atoms. The summed E-state index contributed by atoms with van der Waals surface area (Å²) in [5.74, 6) is -1.65. The molecule has 13 heteroatoms. The molecule has 1 aliphatic carbocycles. The smallest absolute Gasteiger partial charge is 0.257 e. The van der Waals surface area contributed by atoms with Crippen LogP contribution in [0.25, 0.3) is 0 Å². The number of amides is 3. The number of aromatic nitrogens is 1. The first kappa shape index (κ1) is 37.8. The van der Waals surface area contributed by atoms with Crippen LogP contribution in [0.1, 0.15) is 60.1 Å². The summed E-state index contributed by atoms with van der Waals surface area (Å²) in [4.78, 5) is 46.7. The molecule has 1 saturated carbocycles. The molecule has 0 radical (unpaired) electrons. The number of pyridine rings is 1. The maximum absolute atomic E-state index is 15.8. The number of β-amino-alcohol motifs (C(OH)–C–C–N with tert-alkyl or cyclic N) is 1. The molecule has 0 bridgehead atoms. The number of nitrogens with zero attached hydrogens (tertiary/aromatic N) is 4. The number of hydrogen-bond acceptors (Lipinski definition) is 7. The SMILES string of the molecule is C#C.CC(=O)N1CCN(CC(C)(O)c2cc(F)c3c(c2)C(=O)N(Cc2ccc(Cl)cn2)[C@@H]3OCC2(C(N)=O)CC2)CC1.Clc1ccccc1. The van der Waals surface area contributed by atoms with Crippen LogP contribution in [0.2, 0.25) is 10.0 Å². The van der Waals surface area contributed by atoms with E-state index in [2.05, 4.69) is 17.8 Å². The third-order valence-corrected chi connectivity index (χ3v) is 9.35. The largest absolute Gasteiger partial charge is 0.384 e. The van der Waals surface area contributed by atoms with E-state index in [-0.39, 0.29) is 42.3 Å². The number of ether oxygens (including phenoxy) is 1. The number of halogens is 3. The number of primary amides is 1. The molecular weight excluding hydrogens is 672 g/mol. The Hall–Kier alpha value is -4.05.